The van der Waals surface area contributed by atoms with Crippen LogP contribution in [0.1, 0.15) is 113 Å². The molecule has 4 heteroatoms. The number of nitrogens with zero attached hydrogens (tertiary/aromatic N) is 2. The third kappa shape index (κ3) is 4.26. The molecule has 0 saturated heterocycles. The molecule has 8 atom stereocenters. The molecule has 0 aromatic heterocycles. The van der Waals surface area contributed by atoms with Gasteiger partial charge in [0.2, 0.25) is 0 Å². The minimum absolute atomic E-state index is 0.0116. The lowest BCUT2D eigenvalue weighted by Gasteiger charge is -2.71. The van der Waals surface area contributed by atoms with E-state index in [0.29, 0.717) is 34.0 Å². The first-order valence-electron chi connectivity index (χ1n) is 16.2. The quantitative estimate of drug-likeness (QED) is 0.281. The van der Waals surface area contributed by atoms with Crippen molar-refractivity contribution in [3.8, 4) is 0 Å². The largest absolute Gasteiger partial charge is 0.393 e. The third-order valence-corrected chi connectivity index (χ3v) is 15.0. The summed E-state index contributed by atoms with van der Waals surface area (Å²) in [7, 11) is 6.60. The summed E-state index contributed by atoms with van der Waals surface area (Å²) in [6, 6.07) is 0. The second kappa shape index (κ2) is 9.53. The van der Waals surface area contributed by atoms with E-state index in [1.165, 1.54) is 62.8 Å². The van der Waals surface area contributed by atoms with Gasteiger partial charge in [0, 0.05) is 25.6 Å². The predicted molar refractivity (Wildman–Crippen MR) is 169 cm³/mol. The van der Waals surface area contributed by atoms with Crippen molar-refractivity contribution in [2.45, 2.75) is 119 Å². The first-order valence-corrected chi connectivity index (χ1v) is 16.6. The van der Waals surface area contributed by atoms with Gasteiger partial charge in [-0.3, -0.25) is 0 Å². The van der Waals surface area contributed by atoms with E-state index in [0.717, 1.165) is 19.5 Å². The Morgan fingerprint density at radius 1 is 0.872 bits per heavy atom. The topological polar surface area (TPSA) is 26.7 Å². The zero-order valence-corrected chi connectivity index (χ0v) is 27.9. The maximum Gasteiger partial charge on any atom is 0.0845 e. The van der Waals surface area contributed by atoms with Gasteiger partial charge >= 0.3 is 0 Å². The van der Waals surface area contributed by atoms with E-state index in [-0.39, 0.29) is 22.3 Å². The molecule has 0 radical (unpaired) electrons. The number of fused-ring (bicyclic) bond motifs is 7. The van der Waals surface area contributed by atoms with Crippen LogP contribution < -0.4 is 0 Å². The zero-order valence-electron chi connectivity index (χ0n) is 27.1. The van der Waals surface area contributed by atoms with E-state index in [2.05, 4.69) is 85.5 Å². The van der Waals surface area contributed by atoms with Crippen LogP contribution in [-0.4, -0.2) is 60.2 Å². The van der Waals surface area contributed by atoms with Gasteiger partial charge in [0.1, 0.15) is 0 Å². The molecule has 0 heterocycles. The smallest absolute Gasteiger partial charge is 0.0845 e. The number of aliphatic hydroxyl groups is 1. The van der Waals surface area contributed by atoms with Crippen molar-refractivity contribution in [3.63, 3.8) is 0 Å². The van der Waals surface area contributed by atoms with Gasteiger partial charge in [0.15, 0.2) is 0 Å². The second-order valence-corrected chi connectivity index (χ2v) is 17.7. The highest BCUT2D eigenvalue weighted by Gasteiger charge is 2.68. The van der Waals surface area contributed by atoms with Crippen molar-refractivity contribution < 1.29 is 5.11 Å². The number of aliphatic hydroxyl groups excluding tert-OH is 1. The summed E-state index contributed by atoms with van der Waals surface area (Å²) < 4.78 is 0. The van der Waals surface area contributed by atoms with E-state index in [4.69, 9.17) is 12.2 Å². The second-order valence-electron chi connectivity index (χ2n) is 17.3. The molecule has 1 N–H and O–H groups in total. The first-order chi connectivity index (χ1) is 17.9. The molecule has 0 aromatic rings. The third-order valence-electron chi connectivity index (χ3n) is 14.3. The van der Waals surface area contributed by atoms with Crippen LogP contribution in [0.2, 0.25) is 0 Å². The molecule has 3 nitrogen and oxygen atoms in total. The summed E-state index contributed by atoms with van der Waals surface area (Å²) in [5.74, 6) is 1.88. The minimum atomic E-state index is -0.157. The fourth-order valence-corrected chi connectivity index (χ4v) is 11.9. The molecular formula is C35H60N2OS. The van der Waals surface area contributed by atoms with Gasteiger partial charge in [0.05, 0.1) is 11.1 Å². The summed E-state index contributed by atoms with van der Waals surface area (Å²) >= 11 is 6.47. The number of allylic oxidation sites excluding steroid dienone is 2. The molecule has 0 spiro atoms. The van der Waals surface area contributed by atoms with Crippen LogP contribution in [0.5, 0.6) is 0 Å². The van der Waals surface area contributed by atoms with Gasteiger partial charge in [-0.05, 0) is 123 Å². The molecule has 0 amide bonds. The van der Waals surface area contributed by atoms with Crippen molar-refractivity contribution in [2.24, 2.45) is 50.2 Å². The molecule has 5 aliphatic rings. The Kier molecular flexibility index (Phi) is 7.34. The molecule has 0 bridgehead atoms. The van der Waals surface area contributed by atoms with Crippen LogP contribution in [0, 0.1) is 50.2 Å². The van der Waals surface area contributed by atoms with Crippen LogP contribution in [0.25, 0.3) is 0 Å². The molecule has 5 rings (SSSR count). The highest BCUT2D eigenvalue weighted by atomic mass is 32.1. The van der Waals surface area contributed by atoms with E-state index in [9.17, 15) is 5.11 Å². The monoisotopic (exact) mass is 556 g/mol. The number of hydrogen-bond donors (Lipinski definition) is 1. The predicted octanol–water partition coefficient (Wildman–Crippen LogP) is 7.97. The van der Waals surface area contributed by atoms with Crippen molar-refractivity contribution in [1.29, 1.82) is 0 Å². The number of thiocarbonyl (C=S) groups is 1. The zero-order chi connectivity index (χ0) is 28.8. The van der Waals surface area contributed by atoms with Crippen LogP contribution in [0.4, 0.5) is 0 Å². The maximum absolute atomic E-state index is 11.0. The van der Waals surface area contributed by atoms with Gasteiger partial charge in [-0.1, -0.05) is 72.3 Å². The van der Waals surface area contributed by atoms with Crippen molar-refractivity contribution in [3.05, 3.63) is 11.6 Å². The molecule has 0 aromatic carbocycles. The molecule has 5 aliphatic carbocycles. The standard InChI is InChI=1S/C35H60N2OS/c1-30(2)17-19-35(29(39)37(10)22-21-36(8)9)20-18-33(6)24(25(35)23-30)11-12-27-32(5)15-14-28(38)31(3,4)26(32)13-16-34(27,33)7/h11,25-28,38H,12-23H2,1-10H3/t25-,26-,27+,28-,32-,33+,34+,35-/m0/s1. The Morgan fingerprint density at radius 2 is 1.54 bits per heavy atom. The van der Waals surface area contributed by atoms with Crippen molar-refractivity contribution >= 4 is 17.2 Å². The summed E-state index contributed by atoms with van der Waals surface area (Å²) in [6.07, 6.45) is 14.9. The van der Waals surface area contributed by atoms with Gasteiger partial charge in [-0.2, -0.15) is 0 Å². The SMILES string of the molecule is CN(C)CCN(C)C(=S)[C@]12CCC(C)(C)C[C@H]1C1=CC[C@@H]3[C@@]4(C)CC[C@H](O)C(C)(C)[C@@H]4CC[C@@]3(C)[C@]1(C)CC2. The summed E-state index contributed by atoms with van der Waals surface area (Å²) in [4.78, 5) is 5.97. The lowest BCUT2D eigenvalue weighted by atomic mass is 9.33. The van der Waals surface area contributed by atoms with E-state index in [1.807, 2.05) is 0 Å². The van der Waals surface area contributed by atoms with Crippen LogP contribution in [0.3, 0.4) is 0 Å². The lowest BCUT2D eigenvalue weighted by Crippen LogP contribution is -2.65. The van der Waals surface area contributed by atoms with Gasteiger partial charge in [-0.25, -0.2) is 0 Å². The maximum atomic E-state index is 11.0. The minimum Gasteiger partial charge on any atom is -0.393 e. The molecule has 4 fully saturated rings. The Labute approximate surface area is 246 Å². The Morgan fingerprint density at radius 3 is 2.21 bits per heavy atom. The Bertz CT molecular complexity index is 1020. The van der Waals surface area contributed by atoms with E-state index in [1.54, 1.807) is 5.57 Å². The average Bonchev–Trinajstić information content (AvgIpc) is 2.84. The molecule has 4 saturated carbocycles. The van der Waals surface area contributed by atoms with Crippen molar-refractivity contribution in [1.82, 2.24) is 9.80 Å². The number of likely N-dealkylation sites (N-methyl/N-ethyl adjacent to an activating group) is 2. The lowest BCUT2D eigenvalue weighted by molar-refractivity contribution is -0.201. The summed E-state index contributed by atoms with van der Waals surface area (Å²) in [5, 5.41) is 11.0. The van der Waals surface area contributed by atoms with Crippen LogP contribution in [-0.2, 0) is 0 Å². The Balaban J connectivity index is 1.54. The number of hydrogen-bond acceptors (Lipinski definition) is 3. The highest BCUT2D eigenvalue weighted by Crippen LogP contribution is 2.75. The summed E-state index contributed by atoms with van der Waals surface area (Å²) in [6.45, 7) is 19.8. The van der Waals surface area contributed by atoms with Gasteiger partial charge in [0.25, 0.3) is 0 Å². The van der Waals surface area contributed by atoms with E-state index >= 15 is 0 Å². The fraction of sp³-hybridized carbons (Fsp3) is 0.914. The van der Waals surface area contributed by atoms with Gasteiger partial charge in [-0.15, -0.1) is 0 Å². The van der Waals surface area contributed by atoms with Crippen LogP contribution in [0.15, 0.2) is 11.6 Å². The van der Waals surface area contributed by atoms with Crippen molar-refractivity contribution in [2.75, 3.05) is 34.2 Å². The van der Waals surface area contributed by atoms with E-state index < -0.39 is 0 Å². The Hall–Kier alpha value is -0.450. The molecule has 39 heavy (non-hydrogen) atoms. The first kappa shape index (κ1) is 30.0. The normalized spacial score (nSPS) is 46.3. The summed E-state index contributed by atoms with van der Waals surface area (Å²) in [5.41, 5.74) is 3.17. The van der Waals surface area contributed by atoms with Gasteiger partial charge < -0.3 is 14.9 Å². The number of rotatable bonds is 4. The molecular weight excluding hydrogens is 496 g/mol. The highest BCUT2D eigenvalue weighted by molar-refractivity contribution is 7.80. The molecule has 222 valence electrons. The molecule has 0 unspecified atom stereocenters. The molecule has 0 aliphatic heterocycles. The van der Waals surface area contributed by atoms with Crippen LogP contribution >= 0.6 is 12.2 Å². The fourth-order valence-electron chi connectivity index (χ4n) is 11.4. The average molecular weight is 557 g/mol.